The highest BCUT2D eigenvalue weighted by atomic mass is 16.7. The first-order valence-corrected chi connectivity index (χ1v) is 6.88. The molecule has 3 atom stereocenters. The van der Waals surface area contributed by atoms with Gasteiger partial charge in [-0.2, -0.15) is 0 Å². The second-order valence-electron chi connectivity index (χ2n) is 5.18. The Morgan fingerprint density at radius 1 is 0.850 bits per heavy atom. The zero-order valence-electron chi connectivity index (χ0n) is 11.0. The molecular formula is C17H15NO2. The van der Waals surface area contributed by atoms with E-state index in [9.17, 15) is 0 Å². The third-order valence-corrected chi connectivity index (χ3v) is 3.96. The second kappa shape index (κ2) is 4.76. The Morgan fingerprint density at radius 3 is 2.20 bits per heavy atom. The van der Waals surface area contributed by atoms with Gasteiger partial charge in [0.05, 0.1) is 12.5 Å². The molecule has 0 unspecified atom stereocenters. The summed E-state index contributed by atoms with van der Waals surface area (Å²) in [6.07, 6.45) is -0.0742. The summed E-state index contributed by atoms with van der Waals surface area (Å²) in [5.74, 6) is 0.225. The van der Waals surface area contributed by atoms with E-state index in [1.807, 2.05) is 36.4 Å². The normalized spacial score (nSPS) is 27.8. The van der Waals surface area contributed by atoms with Crippen molar-refractivity contribution in [3.63, 3.8) is 0 Å². The lowest BCUT2D eigenvalue weighted by Crippen LogP contribution is -2.16. The standard InChI is InChI=1S/C17H15NO2/c1-3-7-12(8-4-1)16-14-11-19-17(15(14)18-20-16)13-9-5-2-6-10-13/h1-10,14,16-17H,11H2/t14-,16+,17+/m0/s1. The molecule has 2 aliphatic rings. The van der Waals surface area contributed by atoms with E-state index in [0.717, 1.165) is 16.8 Å². The molecule has 0 bridgehead atoms. The molecule has 2 aromatic carbocycles. The third kappa shape index (κ3) is 1.82. The van der Waals surface area contributed by atoms with Crippen molar-refractivity contribution < 1.29 is 9.57 Å². The first kappa shape index (κ1) is 11.7. The highest BCUT2D eigenvalue weighted by molar-refractivity contribution is 5.94. The summed E-state index contributed by atoms with van der Waals surface area (Å²) in [6.45, 7) is 0.665. The molecule has 4 rings (SSSR count). The number of fused-ring (bicyclic) bond motifs is 1. The second-order valence-corrected chi connectivity index (χ2v) is 5.18. The van der Waals surface area contributed by atoms with Crippen LogP contribution in [0.5, 0.6) is 0 Å². The fraction of sp³-hybridized carbons (Fsp3) is 0.235. The van der Waals surface area contributed by atoms with Crippen LogP contribution in [0.1, 0.15) is 23.3 Å². The van der Waals surface area contributed by atoms with E-state index >= 15 is 0 Å². The van der Waals surface area contributed by atoms with E-state index in [1.54, 1.807) is 0 Å². The van der Waals surface area contributed by atoms with Gasteiger partial charge in [0.1, 0.15) is 11.8 Å². The lowest BCUT2D eigenvalue weighted by Gasteiger charge is -2.13. The minimum atomic E-state index is -0.0603. The number of hydrogen-bond acceptors (Lipinski definition) is 3. The maximum absolute atomic E-state index is 5.95. The summed E-state index contributed by atoms with van der Waals surface area (Å²) in [5.41, 5.74) is 3.32. The van der Waals surface area contributed by atoms with Gasteiger partial charge < -0.3 is 9.57 Å². The lowest BCUT2D eigenvalue weighted by molar-refractivity contribution is 0.0242. The molecule has 0 radical (unpaired) electrons. The van der Waals surface area contributed by atoms with Crippen LogP contribution in [-0.4, -0.2) is 12.3 Å². The fourth-order valence-corrected chi connectivity index (χ4v) is 2.94. The van der Waals surface area contributed by atoms with Crippen molar-refractivity contribution in [3.8, 4) is 0 Å². The van der Waals surface area contributed by atoms with Crippen LogP contribution in [-0.2, 0) is 9.57 Å². The van der Waals surface area contributed by atoms with Crippen LogP contribution >= 0.6 is 0 Å². The van der Waals surface area contributed by atoms with Crippen LogP contribution in [0.25, 0.3) is 0 Å². The minimum absolute atomic E-state index is 0.0140. The zero-order chi connectivity index (χ0) is 13.4. The van der Waals surface area contributed by atoms with Gasteiger partial charge in [-0.25, -0.2) is 0 Å². The predicted octanol–water partition coefficient (Wildman–Crippen LogP) is 3.50. The first-order valence-electron chi connectivity index (χ1n) is 6.88. The van der Waals surface area contributed by atoms with Crippen molar-refractivity contribution in [2.24, 2.45) is 11.1 Å². The van der Waals surface area contributed by atoms with Crippen molar-refractivity contribution >= 4 is 5.71 Å². The maximum atomic E-state index is 5.95. The van der Waals surface area contributed by atoms with E-state index in [1.165, 1.54) is 0 Å². The molecule has 1 fully saturated rings. The van der Waals surface area contributed by atoms with Crippen LogP contribution in [0.4, 0.5) is 0 Å². The largest absolute Gasteiger partial charge is 0.387 e. The number of oxime groups is 1. The molecule has 2 aliphatic heterocycles. The molecule has 3 nitrogen and oxygen atoms in total. The van der Waals surface area contributed by atoms with Gasteiger partial charge in [0.25, 0.3) is 0 Å². The molecule has 20 heavy (non-hydrogen) atoms. The number of hydrogen-bond donors (Lipinski definition) is 0. The van der Waals surface area contributed by atoms with Gasteiger partial charge in [0, 0.05) is 0 Å². The Hall–Kier alpha value is -2.13. The Labute approximate surface area is 117 Å². The summed E-state index contributed by atoms with van der Waals surface area (Å²) in [4.78, 5) is 5.67. The van der Waals surface area contributed by atoms with E-state index < -0.39 is 0 Å². The summed E-state index contributed by atoms with van der Waals surface area (Å²) in [6, 6.07) is 20.4. The fourth-order valence-electron chi connectivity index (χ4n) is 2.94. The number of nitrogens with zero attached hydrogens (tertiary/aromatic N) is 1. The minimum Gasteiger partial charge on any atom is -0.387 e. The zero-order valence-corrected chi connectivity index (χ0v) is 11.0. The van der Waals surface area contributed by atoms with Gasteiger partial charge in [-0.15, -0.1) is 0 Å². The number of ether oxygens (including phenoxy) is 1. The Balaban J connectivity index is 1.61. The molecular weight excluding hydrogens is 250 g/mol. The highest BCUT2D eigenvalue weighted by Crippen LogP contribution is 2.42. The predicted molar refractivity (Wildman–Crippen MR) is 76.3 cm³/mol. The maximum Gasteiger partial charge on any atom is 0.163 e. The molecule has 0 saturated carbocycles. The topological polar surface area (TPSA) is 30.8 Å². The van der Waals surface area contributed by atoms with Gasteiger partial charge in [-0.05, 0) is 11.1 Å². The summed E-state index contributed by atoms with van der Waals surface area (Å²) in [5, 5.41) is 4.30. The number of rotatable bonds is 2. The smallest absolute Gasteiger partial charge is 0.163 e. The van der Waals surface area contributed by atoms with Crippen molar-refractivity contribution in [2.45, 2.75) is 12.2 Å². The first-order chi connectivity index (χ1) is 9.93. The SMILES string of the molecule is c1ccc([C@H]2ON=C3[C@@H](c4ccccc4)OC[C@@H]32)cc1. The molecule has 0 N–H and O–H groups in total. The van der Waals surface area contributed by atoms with Gasteiger partial charge >= 0.3 is 0 Å². The van der Waals surface area contributed by atoms with Crippen LogP contribution in [0.2, 0.25) is 0 Å². The van der Waals surface area contributed by atoms with Gasteiger partial charge in [-0.3, -0.25) is 0 Å². The molecule has 0 spiro atoms. The quantitative estimate of drug-likeness (QED) is 0.832. The Bertz CT molecular complexity index is 624. The van der Waals surface area contributed by atoms with Crippen molar-refractivity contribution in [1.29, 1.82) is 0 Å². The van der Waals surface area contributed by atoms with E-state index in [0.29, 0.717) is 6.61 Å². The van der Waals surface area contributed by atoms with E-state index in [4.69, 9.17) is 9.57 Å². The highest BCUT2D eigenvalue weighted by Gasteiger charge is 2.45. The van der Waals surface area contributed by atoms with Crippen molar-refractivity contribution in [1.82, 2.24) is 0 Å². The van der Waals surface area contributed by atoms with Gasteiger partial charge in [-0.1, -0.05) is 65.8 Å². The van der Waals surface area contributed by atoms with Crippen LogP contribution in [0.3, 0.4) is 0 Å². The molecule has 100 valence electrons. The molecule has 2 heterocycles. The molecule has 3 heteroatoms. The van der Waals surface area contributed by atoms with E-state index in [-0.39, 0.29) is 18.1 Å². The lowest BCUT2D eigenvalue weighted by atomic mass is 9.91. The van der Waals surface area contributed by atoms with Gasteiger partial charge in [0.15, 0.2) is 6.10 Å². The van der Waals surface area contributed by atoms with Crippen LogP contribution in [0, 0.1) is 5.92 Å². The summed E-state index contributed by atoms with van der Waals surface area (Å²) >= 11 is 0. The molecule has 1 saturated heterocycles. The van der Waals surface area contributed by atoms with Crippen molar-refractivity contribution in [2.75, 3.05) is 6.61 Å². The van der Waals surface area contributed by atoms with Crippen LogP contribution in [0.15, 0.2) is 65.8 Å². The Kier molecular flexibility index (Phi) is 2.78. The van der Waals surface area contributed by atoms with Crippen molar-refractivity contribution in [3.05, 3.63) is 71.8 Å². The average Bonchev–Trinajstić information content (AvgIpc) is 3.10. The number of benzene rings is 2. The van der Waals surface area contributed by atoms with Crippen LogP contribution < -0.4 is 0 Å². The molecule has 0 aromatic heterocycles. The summed E-state index contributed by atoms with van der Waals surface area (Å²) in [7, 11) is 0. The molecule has 0 aliphatic carbocycles. The van der Waals surface area contributed by atoms with Gasteiger partial charge in [0.2, 0.25) is 0 Å². The monoisotopic (exact) mass is 265 g/mol. The third-order valence-electron chi connectivity index (χ3n) is 3.96. The van der Waals surface area contributed by atoms with E-state index in [2.05, 4.69) is 29.4 Å². The molecule has 2 aromatic rings. The summed E-state index contributed by atoms with van der Waals surface area (Å²) < 4.78 is 5.95. The Morgan fingerprint density at radius 2 is 1.50 bits per heavy atom. The molecule has 0 amide bonds. The average molecular weight is 265 g/mol.